The van der Waals surface area contributed by atoms with Crippen LogP contribution in [0.4, 0.5) is 15.8 Å². The molecule has 2 amide bonds. The summed E-state index contributed by atoms with van der Waals surface area (Å²) in [6, 6.07) is 10.4. The zero-order valence-corrected chi connectivity index (χ0v) is 13.1. The Labute approximate surface area is 138 Å². The van der Waals surface area contributed by atoms with E-state index in [-0.39, 0.29) is 30.2 Å². The lowest BCUT2D eigenvalue weighted by atomic mass is 10.1. The van der Waals surface area contributed by atoms with Crippen LogP contribution in [-0.4, -0.2) is 25.5 Å². The van der Waals surface area contributed by atoms with Crippen molar-refractivity contribution in [2.45, 2.75) is 6.42 Å². The van der Waals surface area contributed by atoms with E-state index in [2.05, 4.69) is 10.6 Å². The van der Waals surface area contributed by atoms with Gasteiger partial charge in [0.25, 0.3) is 5.91 Å². The fraction of sp³-hybridized carbons (Fsp3) is 0.176. The minimum absolute atomic E-state index is 0.0937. The summed E-state index contributed by atoms with van der Waals surface area (Å²) in [6.45, 7) is 0.171. The van der Waals surface area contributed by atoms with Crippen molar-refractivity contribution in [3.8, 4) is 5.75 Å². The number of halogens is 1. The average molecular weight is 331 g/mol. The molecule has 0 unspecified atom stereocenters. The van der Waals surface area contributed by atoms with Crippen LogP contribution in [0.2, 0.25) is 0 Å². The Morgan fingerprint density at radius 2 is 1.88 bits per heavy atom. The zero-order valence-electron chi connectivity index (χ0n) is 13.1. The fourth-order valence-electron chi connectivity index (χ4n) is 2.09. The van der Waals surface area contributed by atoms with E-state index in [1.807, 2.05) is 0 Å². The average Bonchev–Trinajstić information content (AvgIpc) is 2.57. The molecule has 0 saturated heterocycles. The van der Waals surface area contributed by atoms with Crippen LogP contribution >= 0.6 is 0 Å². The molecular weight excluding hydrogens is 313 g/mol. The number of hydrogen-bond donors (Lipinski definition) is 3. The lowest BCUT2D eigenvalue weighted by Gasteiger charge is -2.13. The third-order valence-electron chi connectivity index (χ3n) is 3.23. The number of rotatable bonds is 6. The summed E-state index contributed by atoms with van der Waals surface area (Å²) in [5.74, 6) is -0.927. The highest BCUT2D eigenvalue weighted by molar-refractivity contribution is 6.08. The first-order valence-electron chi connectivity index (χ1n) is 7.29. The van der Waals surface area contributed by atoms with Crippen molar-refractivity contribution in [2.24, 2.45) is 5.73 Å². The molecule has 0 fully saturated rings. The van der Waals surface area contributed by atoms with Gasteiger partial charge in [0.15, 0.2) is 0 Å². The van der Waals surface area contributed by atoms with Gasteiger partial charge >= 0.3 is 0 Å². The van der Waals surface area contributed by atoms with Crippen molar-refractivity contribution < 1.29 is 18.7 Å². The Balaban J connectivity index is 2.25. The largest absolute Gasteiger partial charge is 0.496 e. The van der Waals surface area contributed by atoms with Gasteiger partial charge < -0.3 is 21.1 Å². The second-order valence-corrected chi connectivity index (χ2v) is 4.93. The predicted octanol–water partition coefficient (Wildman–Crippen LogP) is 2.37. The molecule has 0 aliphatic carbocycles. The third-order valence-corrected chi connectivity index (χ3v) is 3.23. The van der Waals surface area contributed by atoms with Gasteiger partial charge in [0, 0.05) is 13.0 Å². The van der Waals surface area contributed by atoms with Crippen LogP contribution in [0, 0.1) is 5.82 Å². The maximum atomic E-state index is 13.5. The topological polar surface area (TPSA) is 93.5 Å². The number of nitrogens with two attached hydrogens (primary N) is 1. The van der Waals surface area contributed by atoms with Crippen molar-refractivity contribution in [3.63, 3.8) is 0 Å². The quantitative estimate of drug-likeness (QED) is 0.757. The smallest absolute Gasteiger partial charge is 0.259 e. The summed E-state index contributed by atoms with van der Waals surface area (Å²) in [6.07, 6.45) is 0.0937. The number of amides is 2. The van der Waals surface area contributed by atoms with Crippen LogP contribution < -0.4 is 21.1 Å². The molecule has 7 heteroatoms. The molecule has 0 aliphatic heterocycles. The molecule has 0 radical (unpaired) electrons. The SMILES string of the molecule is COc1ccccc1C(=O)Nc1ccc(F)cc1NC(=O)CCN. The second-order valence-electron chi connectivity index (χ2n) is 4.93. The maximum absolute atomic E-state index is 13.5. The molecule has 0 bridgehead atoms. The predicted molar refractivity (Wildman–Crippen MR) is 89.6 cm³/mol. The van der Waals surface area contributed by atoms with Gasteiger partial charge in [-0.1, -0.05) is 12.1 Å². The fourth-order valence-corrected chi connectivity index (χ4v) is 2.09. The Morgan fingerprint density at radius 1 is 1.12 bits per heavy atom. The van der Waals surface area contributed by atoms with E-state index >= 15 is 0 Å². The molecule has 126 valence electrons. The van der Waals surface area contributed by atoms with Crippen molar-refractivity contribution in [3.05, 3.63) is 53.8 Å². The number of benzene rings is 2. The van der Waals surface area contributed by atoms with Crippen LogP contribution in [0.15, 0.2) is 42.5 Å². The van der Waals surface area contributed by atoms with Gasteiger partial charge in [-0.05, 0) is 30.3 Å². The minimum atomic E-state index is -0.534. The highest BCUT2D eigenvalue weighted by Crippen LogP contribution is 2.25. The number of anilines is 2. The van der Waals surface area contributed by atoms with E-state index in [0.29, 0.717) is 11.3 Å². The van der Waals surface area contributed by atoms with Crippen molar-refractivity contribution in [1.82, 2.24) is 0 Å². The number of carbonyl (C=O) groups is 2. The monoisotopic (exact) mass is 331 g/mol. The number of ether oxygens (including phenoxy) is 1. The van der Waals surface area contributed by atoms with Gasteiger partial charge in [-0.3, -0.25) is 9.59 Å². The van der Waals surface area contributed by atoms with Gasteiger partial charge in [-0.25, -0.2) is 4.39 Å². The summed E-state index contributed by atoms with van der Waals surface area (Å²) in [4.78, 5) is 24.1. The number of para-hydroxylation sites is 1. The first kappa shape index (κ1) is 17.4. The molecule has 2 rings (SSSR count). The van der Waals surface area contributed by atoms with Gasteiger partial charge in [0.2, 0.25) is 5.91 Å². The van der Waals surface area contributed by atoms with Crippen LogP contribution in [0.5, 0.6) is 5.75 Å². The van der Waals surface area contributed by atoms with E-state index in [9.17, 15) is 14.0 Å². The van der Waals surface area contributed by atoms with E-state index in [1.54, 1.807) is 24.3 Å². The number of methoxy groups -OCH3 is 1. The Kier molecular flexibility index (Phi) is 5.86. The lowest BCUT2D eigenvalue weighted by Crippen LogP contribution is -2.19. The molecule has 2 aromatic carbocycles. The third kappa shape index (κ3) is 4.30. The molecule has 0 aromatic heterocycles. The lowest BCUT2D eigenvalue weighted by molar-refractivity contribution is -0.116. The van der Waals surface area contributed by atoms with E-state index < -0.39 is 11.7 Å². The molecule has 0 spiro atoms. The summed E-state index contributed by atoms with van der Waals surface area (Å²) in [5.41, 5.74) is 6.08. The Hall–Kier alpha value is -2.93. The van der Waals surface area contributed by atoms with Crippen molar-refractivity contribution in [1.29, 1.82) is 0 Å². The zero-order chi connectivity index (χ0) is 17.5. The van der Waals surface area contributed by atoms with Crippen LogP contribution in [0.3, 0.4) is 0 Å². The molecule has 0 heterocycles. The van der Waals surface area contributed by atoms with Crippen LogP contribution in [0.1, 0.15) is 16.8 Å². The summed E-state index contributed by atoms with van der Waals surface area (Å²) >= 11 is 0. The van der Waals surface area contributed by atoms with Crippen LogP contribution in [-0.2, 0) is 4.79 Å². The van der Waals surface area contributed by atoms with Crippen molar-refractivity contribution >= 4 is 23.2 Å². The van der Waals surface area contributed by atoms with E-state index in [4.69, 9.17) is 10.5 Å². The summed E-state index contributed by atoms with van der Waals surface area (Å²) < 4.78 is 18.6. The second kappa shape index (κ2) is 8.07. The normalized spacial score (nSPS) is 10.1. The van der Waals surface area contributed by atoms with Crippen molar-refractivity contribution in [2.75, 3.05) is 24.3 Å². The molecule has 4 N–H and O–H groups in total. The highest BCUT2D eigenvalue weighted by Gasteiger charge is 2.15. The highest BCUT2D eigenvalue weighted by atomic mass is 19.1. The minimum Gasteiger partial charge on any atom is -0.496 e. The number of carbonyl (C=O) groups excluding carboxylic acids is 2. The van der Waals surface area contributed by atoms with Gasteiger partial charge in [-0.15, -0.1) is 0 Å². The standard InChI is InChI=1S/C17H18FN3O3/c1-24-15-5-3-2-4-12(15)17(23)21-13-7-6-11(18)10-14(13)20-16(22)8-9-19/h2-7,10H,8-9,19H2,1H3,(H,20,22)(H,21,23). The molecule has 0 atom stereocenters. The van der Waals surface area contributed by atoms with Gasteiger partial charge in [-0.2, -0.15) is 0 Å². The Bertz CT molecular complexity index is 750. The Morgan fingerprint density at radius 3 is 2.58 bits per heavy atom. The van der Waals surface area contributed by atoms with E-state index in [0.717, 1.165) is 6.07 Å². The van der Waals surface area contributed by atoms with Gasteiger partial charge in [0.1, 0.15) is 11.6 Å². The molecule has 6 nitrogen and oxygen atoms in total. The first-order chi connectivity index (χ1) is 11.5. The van der Waals surface area contributed by atoms with Crippen LogP contribution in [0.25, 0.3) is 0 Å². The summed E-state index contributed by atoms with van der Waals surface area (Å²) in [5, 5.41) is 5.18. The molecule has 24 heavy (non-hydrogen) atoms. The maximum Gasteiger partial charge on any atom is 0.259 e. The first-order valence-corrected chi connectivity index (χ1v) is 7.29. The summed E-state index contributed by atoms with van der Waals surface area (Å²) in [7, 11) is 1.46. The van der Waals surface area contributed by atoms with Gasteiger partial charge in [0.05, 0.1) is 24.0 Å². The number of hydrogen-bond acceptors (Lipinski definition) is 4. The number of nitrogens with one attached hydrogen (secondary N) is 2. The molecule has 0 aliphatic rings. The molecule has 2 aromatic rings. The van der Waals surface area contributed by atoms with E-state index in [1.165, 1.54) is 19.2 Å². The molecular formula is C17H18FN3O3. The molecule has 0 saturated carbocycles.